The maximum Gasteiger partial charge on any atom is 0.238 e. The fourth-order valence-corrected chi connectivity index (χ4v) is 4.59. The van der Waals surface area contributed by atoms with Gasteiger partial charge < -0.3 is 9.47 Å². The van der Waals surface area contributed by atoms with Crippen molar-refractivity contribution in [2.24, 2.45) is 5.14 Å². The van der Waals surface area contributed by atoms with Gasteiger partial charge >= 0.3 is 0 Å². The summed E-state index contributed by atoms with van der Waals surface area (Å²) in [6, 6.07) is 4.87. The number of aryl methyl sites for hydroxylation is 1. The van der Waals surface area contributed by atoms with Crippen molar-refractivity contribution in [1.82, 2.24) is 14.5 Å². The molecule has 0 atom stereocenters. The fraction of sp³-hybridized carbons (Fsp3) is 0.529. The molecule has 1 aromatic heterocycles. The Labute approximate surface area is 165 Å². The molecule has 144 valence electrons. The highest BCUT2D eigenvalue weighted by molar-refractivity contribution is 8.22. The predicted octanol–water partition coefficient (Wildman–Crippen LogP) is 3.34. The molecule has 26 heavy (non-hydrogen) atoms. The van der Waals surface area contributed by atoms with Crippen molar-refractivity contribution in [3.63, 3.8) is 0 Å². The molecule has 2 aromatic rings. The average molecular weight is 415 g/mol. The van der Waals surface area contributed by atoms with Crippen molar-refractivity contribution < 1.29 is 8.42 Å². The number of sulfonamides is 1. The van der Waals surface area contributed by atoms with Gasteiger partial charge in [-0.1, -0.05) is 37.3 Å². The van der Waals surface area contributed by atoms with E-state index in [1.165, 1.54) is 0 Å². The van der Waals surface area contributed by atoms with Gasteiger partial charge in [0.1, 0.15) is 10.1 Å². The van der Waals surface area contributed by atoms with Crippen LogP contribution in [0.25, 0.3) is 11.0 Å². The molecule has 0 saturated carbocycles. The lowest BCUT2D eigenvalue weighted by Crippen LogP contribution is -2.26. The van der Waals surface area contributed by atoms with Crippen LogP contribution in [0, 0.1) is 0 Å². The number of hydrogen-bond acceptors (Lipinski definition) is 5. The molecule has 2 rings (SSSR count). The summed E-state index contributed by atoms with van der Waals surface area (Å²) in [5.41, 5.74) is 1.58. The van der Waals surface area contributed by atoms with Crippen molar-refractivity contribution in [2.45, 2.75) is 50.8 Å². The fourth-order valence-electron chi connectivity index (χ4n) is 2.71. The molecular formula is C17H26N4O2S3. The van der Waals surface area contributed by atoms with E-state index in [0.717, 1.165) is 48.1 Å². The molecule has 0 spiro atoms. The molecule has 1 aromatic carbocycles. The number of thioether (sulfide) groups is 1. The largest absolute Gasteiger partial charge is 0.358 e. The van der Waals surface area contributed by atoms with Gasteiger partial charge in [0.05, 0.1) is 21.7 Å². The van der Waals surface area contributed by atoms with Crippen LogP contribution in [0.2, 0.25) is 0 Å². The molecule has 0 aliphatic rings. The summed E-state index contributed by atoms with van der Waals surface area (Å²) in [5, 5.41) is 5.25. The van der Waals surface area contributed by atoms with E-state index >= 15 is 0 Å². The molecule has 0 radical (unpaired) electrons. The highest BCUT2D eigenvalue weighted by Gasteiger charge is 2.16. The first kappa shape index (κ1) is 21.1. The van der Waals surface area contributed by atoms with Gasteiger partial charge in [-0.25, -0.2) is 18.5 Å². The number of thiocarbonyl (C=S) groups is 1. The summed E-state index contributed by atoms with van der Waals surface area (Å²) in [4.78, 5) is 6.89. The van der Waals surface area contributed by atoms with E-state index in [9.17, 15) is 8.42 Å². The molecule has 0 aliphatic heterocycles. The summed E-state index contributed by atoms with van der Waals surface area (Å²) in [6.45, 7) is 8.92. The standard InChI is InChI=1S/C17H26N4O2S3/c1-4-7-10-21-15-9-8-13(26(18,22)23)11-14(15)19-16(21)12-25-17(24)20(5-2)6-3/h8-9,11H,4-7,10,12H2,1-3H3,(H2,18,22,23). The van der Waals surface area contributed by atoms with Crippen LogP contribution in [0.3, 0.4) is 0 Å². The second kappa shape index (κ2) is 9.16. The van der Waals surface area contributed by atoms with Crippen LogP contribution in [-0.4, -0.2) is 40.3 Å². The highest BCUT2D eigenvalue weighted by Crippen LogP contribution is 2.24. The number of nitrogens with two attached hydrogens (primary N) is 1. The molecule has 2 N–H and O–H groups in total. The van der Waals surface area contributed by atoms with Crippen molar-refractivity contribution in [3.8, 4) is 0 Å². The summed E-state index contributed by atoms with van der Waals surface area (Å²) >= 11 is 7.10. The van der Waals surface area contributed by atoms with Crippen molar-refractivity contribution in [2.75, 3.05) is 13.1 Å². The molecule has 0 aliphatic carbocycles. The number of nitrogens with zero attached hydrogens (tertiary/aromatic N) is 3. The minimum Gasteiger partial charge on any atom is -0.358 e. The van der Waals surface area contributed by atoms with Crippen LogP contribution in [0.1, 0.15) is 39.4 Å². The van der Waals surface area contributed by atoms with Gasteiger partial charge in [0.2, 0.25) is 10.0 Å². The van der Waals surface area contributed by atoms with Crippen LogP contribution in [-0.2, 0) is 22.3 Å². The van der Waals surface area contributed by atoms with Gasteiger partial charge in [-0.05, 0) is 38.5 Å². The van der Waals surface area contributed by atoms with E-state index in [4.69, 9.17) is 17.4 Å². The molecule has 6 nitrogen and oxygen atoms in total. The smallest absolute Gasteiger partial charge is 0.238 e. The number of rotatable bonds is 8. The second-order valence-corrected chi connectivity index (χ2v) is 9.13. The van der Waals surface area contributed by atoms with Crippen LogP contribution in [0.5, 0.6) is 0 Å². The summed E-state index contributed by atoms with van der Waals surface area (Å²) < 4.78 is 26.2. The zero-order chi connectivity index (χ0) is 19.3. The molecule has 0 saturated heterocycles. The Kier molecular flexibility index (Phi) is 7.45. The number of hydrogen-bond donors (Lipinski definition) is 1. The van der Waals surface area contributed by atoms with Gasteiger partial charge in [-0.3, -0.25) is 0 Å². The normalized spacial score (nSPS) is 11.8. The lowest BCUT2D eigenvalue weighted by Gasteiger charge is -2.20. The van der Waals surface area contributed by atoms with E-state index in [1.807, 2.05) is 0 Å². The quantitative estimate of drug-likeness (QED) is 0.667. The van der Waals surface area contributed by atoms with E-state index in [1.54, 1.807) is 30.0 Å². The van der Waals surface area contributed by atoms with Crippen molar-refractivity contribution in [3.05, 3.63) is 24.0 Å². The number of aromatic nitrogens is 2. The SMILES string of the molecule is CCCCn1c(CSC(=S)N(CC)CC)nc2cc(S(N)(=O)=O)ccc21. The lowest BCUT2D eigenvalue weighted by atomic mass is 10.3. The third-order valence-electron chi connectivity index (χ3n) is 4.21. The van der Waals surface area contributed by atoms with Crippen molar-refractivity contribution in [1.29, 1.82) is 0 Å². The molecule has 0 amide bonds. The van der Waals surface area contributed by atoms with Crippen molar-refractivity contribution >= 4 is 49.4 Å². The first-order valence-corrected chi connectivity index (χ1v) is 11.7. The zero-order valence-corrected chi connectivity index (χ0v) is 17.9. The summed E-state index contributed by atoms with van der Waals surface area (Å²) in [5.74, 6) is 1.55. The minimum atomic E-state index is -3.74. The average Bonchev–Trinajstić information content (AvgIpc) is 2.95. The Morgan fingerprint density at radius 3 is 2.58 bits per heavy atom. The predicted molar refractivity (Wildman–Crippen MR) is 113 cm³/mol. The van der Waals surface area contributed by atoms with Gasteiger partial charge in [-0.2, -0.15) is 0 Å². The molecule has 0 unspecified atom stereocenters. The summed E-state index contributed by atoms with van der Waals surface area (Å²) in [6.07, 6.45) is 2.10. The van der Waals surface area contributed by atoms with E-state index in [-0.39, 0.29) is 4.90 Å². The zero-order valence-electron chi connectivity index (χ0n) is 15.4. The van der Waals surface area contributed by atoms with Gasteiger partial charge in [0.15, 0.2) is 0 Å². The number of unbranched alkanes of at least 4 members (excludes halogenated alkanes) is 1. The number of fused-ring (bicyclic) bond motifs is 1. The second-order valence-electron chi connectivity index (χ2n) is 5.96. The molecule has 0 fully saturated rings. The molecule has 0 bridgehead atoms. The topological polar surface area (TPSA) is 81.2 Å². The van der Waals surface area contributed by atoms with Gasteiger partial charge in [0.25, 0.3) is 0 Å². The van der Waals surface area contributed by atoms with Gasteiger partial charge in [-0.15, -0.1) is 0 Å². The molecule has 1 heterocycles. The van der Waals surface area contributed by atoms with Crippen LogP contribution in [0.4, 0.5) is 0 Å². The Morgan fingerprint density at radius 1 is 1.31 bits per heavy atom. The molecular weight excluding hydrogens is 388 g/mol. The summed E-state index contributed by atoms with van der Waals surface area (Å²) in [7, 11) is -3.74. The Morgan fingerprint density at radius 2 is 2.00 bits per heavy atom. The van der Waals surface area contributed by atoms with E-state index in [0.29, 0.717) is 11.3 Å². The third-order valence-corrected chi connectivity index (χ3v) is 6.64. The Hall–Kier alpha value is -1.16. The maximum atomic E-state index is 11.6. The number of imidazole rings is 1. The van der Waals surface area contributed by atoms with E-state index in [2.05, 4.69) is 35.2 Å². The van der Waals surface area contributed by atoms with Crippen LogP contribution < -0.4 is 5.14 Å². The number of primary sulfonamides is 1. The van der Waals surface area contributed by atoms with E-state index < -0.39 is 10.0 Å². The third kappa shape index (κ3) is 4.97. The molecule has 9 heteroatoms. The lowest BCUT2D eigenvalue weighted by molar-refractivity contribution is 0.482. The first-order valence-electron chi connectivity index (χ1n) is 8.75. The highest BCUT2D eigenvalue weighted by atomic mass is 32.2. The maximum absolute atomic E-state index is 11.6. The number of benzene rings is 1. The van der Waals surface area contributed by atoms with Crippen LogP contribution >= 0.6 is 24.0 Å². The Balaban J connectivity index is 2.35. The van der Waals surface area contributed by atoms with Gasteiger partial charge in [0, 0.05) is 19.6 Å². The monoisotopic (exact) mass is 414 g/mol. The Bertz CT molecular complexity index is 874. The first-order chi connectivity index (χ1) is 12.3. The van der Waals surface area contributed by atoms with Crippen LogP contribution in [0.15, 0.2) is 23.1 Å². The minimum absolute atomic E-state index is 0.0861.